The maximum absolute atomic E-state index is 5.30. The Morgan fingerprint density at radius 1 is 1.50 bits per heavy atom. The molecule has 0 aromatic heterocycles. The number of rotatable bonds is 4. The van der Waals surface area contributed by atoms with Gasteiger partial charge in [0, 0.05) is 0 Å². The second-order valence-electron chi connectivity index (χ2n) is 2.87. The minimum Gasteiger partial charge on any atom is -0.376 e. The van der Waals surface area contributed by atoms with Crippen molar-refractivity contribution in [2.45, 2.75) is 25.2 Å². The van der Waals surface area contributed by atoms with E-state index in [1.807, 2.05) is 0 Å². The van der Waals surface area contributed by atoms with E-state index in [1.54, 1.807) is 0 Å². The molecule has 2 aliphatic heterocycles. The second kappa shape index (κ2) is 2.49. The lowest BCUT2D eigenvalue weighted by Gasteiger charge is -1.96. The van der Waals surface area contributed by atoms with Gasteiger partial charge >= 0.3 is 0 Å². The van der Waals surface area contributed by atoms with Crippen LogP contribution < -0.4 is 0 Å². The van der Waals surface area contributed by atoms with Gasteiger partial charge < -0.3 is 14.2 Å². The van der Waals surface area contributed by atoms with Gasteiger partial charge in [0.05, 0.1) is 25.9 Å². The summed E-state index contributed by atoms with van der Waals surface area (Å²) in [5.41, 5.74) is 0. The Bertz CT molecular complexity index is 122. The third kappa shape index (κ3) is 1.68. The van der Waals surface area contributed by atoms with Crippen molar-refractivity contribution in [3.8, 4) is 0 Å². The van der Waals surface area contributed by atoms with E-state index in [0.717, 1.165) is 19.8 Å². The van der Waals surface area contributed by atoms with E-state index in [-0.39, 0.29) is 0 Å². The third-order valence-corrected chi connectivity index (χ3v) is 1.82. The molecule has 0 spiro atoms. The summed E-state index contributed by atoms with van der Waals surface area (Å²) in [5.74, 6) is 0. The Labute approximate surface area is 60.3 Å². The first-order valence-electron chi connectivity index (χ1n) is 3.71. The smallest absolute Gasteiger partial charge is 0.107 e. The zero-order valence-corrected chi connectivity index (χ0v) is 6.08. The molecular weight excluding hydrogens is 132 g/mol. The standard InChI is InChI=1S/C7H12O3/c1-5-7(10-5)4-8-2-6-3-9-6/h5-7H,2-4H2,1H3/t5-,6?,7-/m1/s1. The summed E-state index contributed by atoms with van der Waals surface area (Å²) >= 11 is 0. The summed E-state index contributed by atoms with van der Waals surface area (Å²) in [6.07, 6.45) is 1.16. The number of hydrogen-bond acceptors (Lipinski definition) is 3. The van der Waals surface area contributed by atoms with Crippen molar-refractivity contribution >= 4 is 0 Å². The minimum atomic E-state index is 0.360. The van der Waals surface area contributed by atoms with Crippen LogP contribution in [0.25, 0.3) is 0 Å². The molecule has 3 atom stereocenters. The molecule has 2 rings (SSSR count). The van der Waals surface area contributed by atoms with Gasteiger partial charge in [-0.3, -0.25) is 0 Å². The number of hydrogen-bond donors (Lipinski definition) is 0. The first kappa shape index (κ1) is 6.58. The average molecular weight is 144 g/mol. The van der Waals surface area contributed by atoms with Crippen LogP contribution in [0.1, 0.15) is 6.92 Å². The summed E-state index contributed by atoms with van der Waals surface area (Å²) < 4.78 is 15.4. The molecule has 10 heavy (non-hydrogen) atoms. The molecule has 2 fully saturated rings. The van der Waals surface area contributed by atoms with E-state index in [4.69, 9.17) is 14.2 Å². The normalized spacial score (nSPS) is 43.5. The van der Waals surface area contributed by atoms with Gasteiger partial charge in [-0.15, -0.1) is 0 Å². The SMILES string of the molecule is C[C@H]1O[C@@H]1COCC1CO1. The lowest BCUT2D eigenvalue weighted by Crippen LogP contribution is -2.08. The summed E-state index contributed by atoms with van der Waals surface area (Å²) in [4.78, 5) is 0. The predicted octanol–water partition coefficient (Wildman–Crippen LogP) is 0.189. The molecule has 0 radical (unpaired) electrons. The Morgan fingerprint density at radius 2 is 2.20 bits per heavy atom. The Morgan fingerprint density at radius 3 is 2.70 bits per heavy atom. The zero-order chi connectivity index (χ0) is 6.97. The highest BCUT2D eigenvalue weighted by Crippen LogP contribution is 2.21. The van der Waals surface area contributed by atoms with Crippen molar-refractivity contribution in [2.24, 2.45) is 0 Å². The molecule has 0 saturated carbocycles. The van der Waals surface area contributed by atoms with Gasteiger partial charge in [0.15, 0.2) is 0 Å². The van der Waals surface area contributed by atoms with Crippen molar-refractivity contribution in [1.82, 2.24) is 0 Å². The van der Waals surface area contributed by atoms with Crippen molar-refractivity contribution in [2.75, 3.05) is 19.8 Å². The fraction of sp³-hybridized carbons (Fsp3) is 1.00. The third-order valence-electron chi connectivity index (χ3n) is 1.82. The molecule has 0 aromatic carbocycles. The lowest BCUT2D eigenvalue weighted by atomic mass is 10.4. The van der Waals surface area contributed by atoms with E-state index in [9.17, 15) is 0 Å². The van der Waals surface area contributed by atoms with E-state index in [0.29, 0.717) is 18.3 Å². The molecule has 1 unspecified atom stereocenters. The van der Waals surface area contributed by atoms with Crippen molar-refractivity contribution in [3.05, 3.63) is 0 Å². The Kier molecular flexibility index (Phi) is 1.64. The fourth-order valence-corrected chi connectivity index (χ4v) is 0.885. The quantitative estimate of drug-likeness (QED) is 0.528. The molecule has 3 nitrogen and oxygen atoms in total. The fourth-order valence-electron chi connectivity index (χ4n) is 0.885. The Hall–Kier alpha value is -0.120. The maximum Gasteiger partial charge on any atom is 0.107 e. The van der Waals surface area contributed by atoms with Crippen LogP contribution in [0.2, 0.25) is 0 Å². The molecular formula is C7H12O3. The highest BCUT2D eigenvalue weighted by molar-refractivity contribution is 4.80. The van der Waals surface area contributed by atoms with Gasteiger partial charge in [0.2, 0.25) is 0 Å². The molecule has 0 aromatic rings. The Balaban J connectivity index is 1.48. The van der Waals surface area contributed by atoms with Crippen LogP contribution in [0, 0.1) is 0 Å². The highest BCUT2D eigenvalue weighted by atomic mass is 16.6. The summed E-state index contributed by atoms with van der Waals surface area (Å²) in [6.45, 7) is 4.41. The van der Waals surface area contributed by atoms with Gasteiger partial charge in [0.25, 0.3) is 0 Å². The van der Waals surface area contributed by atoms with Gasteiger partial charge in [-0.25, -0.2) is 0 Å². The predicted molar refractivity (Wildman–Crippen MR) is 34.9 cm³/mol. The van der Waals surface area contributed by atoms with E-state index in [1.165, 1.54) is 0 Å². The first-order valence-corrected chi connectivity index (χ1v) is 3.71. The van der Waals surface area contributed by atoms with Crippen molar-refractivity contribution in [1.29, 1.82) is 0 Å². The van der Waals surface area contributed by atoms with Crippen LogP contribution >= 0.6 is 0 Å². The molecule has 2 aliphatic rings. The van der Waals surface area contributed by atoms with E-state index in [2.05, 4.69) is 6.92 Å². The monoisotopic (exact) mass is 144 g/mol. The van der Waals surface area contributed by atoms with Crippen LogP contribution in [0.4, 0.5) is 0 Å². The molecule has 0 bridgehead atoms. The van der Waals surface area contributed by atoms with Crippen molar-refractivity contribution in [3.63, 3.8) is 0 Å². The van der Waals surface area contributed by atoms with Gasteiger partial charge in [-0.1, -0.05) is 0 Å². The molecule has 58 valence electrons. The maximum atomic E-state index is 5.30. The zero-order valence-electron chi connectivity index (χ0n) is 6.08. The molecule has 3 heteroatoms. The van der Waals surface area contributed by atoms with Crippen LogP contribution in [-0.2, 0) is 14.2 Å². The first-order chi connectivity index (χ1) is 4.86. The van der Waals surface area contributed by atoms with Gasteiger partial charge in [-0.2, -0.15) is 0 Å². The molecule has 0 amide bonds. The van der Waals surface area contributed by atoms with Crippen molar-refractivity contribution < 1.29 is 14.2 Å². The molecule has 2 heterocycles. The molecule has 0 aliphatic carbocycles. The minimum absolute atomic E-state index is 0.360. The summed E-state index contributed by atoms with van der Waals surface area (Å²) in [7, 11) is 0. The average Bonchev–Trinajstić information content (AvgIpc) is 2.73. The summed E-state index contributed by atoms with van der Waals surface area (Å²) in [5, 5.41) is 0. The summed E-state index contributed by atoms with van der Waals surface area (Å²) in [6, 6.07) is 0. The van der Waals surface area contributed by atoms with Crippen LogP contribution in [0.3, 0.4) is 0 Å². The highest BCUT2D eigenvalue weighted by Gasteiger charge is 2.34. The second-order valence-corrected chi connectivity index (χ2v) is 2.87. The van der Waals surface area contributed by atoms with Crippen LogP contribution in [0.5, 0.6) is 0 Å². The topological polar surface area (TPSA) is 34.3 Å². The lowest BCUT2D eigenvalue weighted by molar-refractivity contribution is 0.102. The van der Waals surface area contributed by atoms with E-state index < -0.39 is 0 Å². The van der Waals surface area contributed by atoms with E-state index >= 15 is 0 Å². The number of epoxide rings is 2. The van der Waals surface area contributed by atoms with Gasteiger partial charge in [-0.05, 0) is 6.92 Å². The molecule has 2 saturated heterocycles. The largest absolute Gasteiger partial charge is 0.376 e. The molecule has 0 N–H and O–H groups in total. The van der Waals surface area contributed by atoms with Gasteiger partial charge in [0.1, 0.15) is 12.2 Å². The van der Waals surface area contributed by atoms with Crippen LogP contribution in [-0.4, -0.2) is 38.1 Å². The van der Waals surface area contributed by atoms with Crippen LogP contribution in [0.15, 0.2) is 0 Å². The number of ether oxygens (including phenoxy) is 3.